The SMILES string of the molecule is FC(F)(F)C(F)(F)C(F)(F)C(F)(F)C(F)(F)C(F)(F)F.O=[SH](=O)F. The first-order valence-corrected chi connectivity index (χ1v) is 5.50. The van der Waals surface area contributed by atoms with Crippen LogP contribution >= 0.6 is 0 Å². The third-order valence-corrected chi connectivity index (χ3v) is 1.90. The molecule has 0 aromatic heterocycles. The van der Waals surface area contributed by atoms with Crippen molar-refractivity contribution in [2.45, 2.75) is 36.0 Å². The third-order valence-electron chi connectivity index (χ3n) is 1.90. The molecule has 148 valence electrons. The van der Waals surface area contributed by atoms with Crippen molar-refractivity contribution >= 4 is 11.1 Å². The van der Waals surface area contributed by atoms with E-state index in [-0.39, 0.29) is 0 Å². The van der Waals surface area contributed by atoms with Crippen LogP contribution in [-0.2, 0) is 11.1 Å². The summed E-state index contributed by atoms with van der Waals surface area (Å²) < 4.78 is 193. The molecule has 0 aromatic carbocycles. The maximum atomic E-state index is 12.3. The summed E-state index contributed by atoms with van der Waals surface area (Å²) in [6.45, 7) is 0. The largest absolute Gasteiger partial charge is 0.460 e. The van der Waals surface area contributed by atoms with Crippen LogP contribution in [0.3, 0.4) is 0 Å². The fraction of sp³-hybridized carbons (Fsp3) is 1.00. The first kappa shape index (κ1) is 25.1. The Kier molecular flexibility index (Phi) is 6.98. The van der Waals surface area contributed by atoms with E-state index in [4.69, 9.17) is 8.42 Å². The number of hydrogen-bond acceptors (Lipinski definition) is 2. The summed E-state index contributed by atoms with van der Waals surface area (Å²) in [5, 5.41) is 0. The molecule has 0 unspecified atom stereocenters. The predicted octanol–water partition coefficient (Wildman–Crippen LogP) is 4.13. The number of alkyl halides is 14. The second-order valence-electron chi connectivity index (χ2n) is 3.51. The zero-order chi connectivity index (χ0) is 20.6. The summed E-state index contributed by atoms with van der Waals surface area (Å²) in [6, 6.07) is 0. The van der Waals surface area contributed by atoms with Gasteiger partial charge in [-0.15, -0.1) is 3.89 Å². The molecule has 0 amide bonds. The Labute approximate surface area is 122 Å². The smallest absolute Gasteiger partial charge is 0.198 e. The van der Waals surface area contributed by atoms with Crippen molar-refractivity contribution in [2.75, 3.05) is 0 Å². The summed E-state index contributed by atoms with van der Waals surface area (Å²) in [5.74, 6) is -31.7. The molecule has 0 saturated carbocycles. The Hall–Kier alpha value is -1.10. The first-order valence-electron chi connectivity index (χ1n) is 4.43. The lowest BCUT2D eigenvalue weighted by Crippen LogP contribution is -2.69. The van der Waals surface area contributed by atoms with Gasteiger partial charge in [-0.25, -0.2) is 0 Å². The Morgan fingerprint density at radius 2 is 0.542 bits per heavy atom. The van der Waals surface area contributed by atoms with Gasteiger partial charge in [-0.3, -0.25) is 0 Å². The van der Waals surface area contributed by atoms with Gasteiger partial charge in [-0.1, -0.05) is 0 Å². The molecule has 2 nitrogen and oxygen atoms in total. The van der Waals surface area contributed by atoms with Gasteiger partial charge in [0.2, 0.25) is 0 Å². The minimum absolute atomic E-state index is 3.62. The Bertz CT molecular complexity index is 453. The van der Waals surface area contributed by atoms with Gasteiger partial charge in [0.05, 0.1) is 0 Å². The average Bonchev–Trinajstić information content (AvgIpc) is 2.23. The molecule has 0 N–H and O–H groups in total. The molecule has 0 aliphatic carbocycles. The Morgan fingerprint density at radius 3 is 0.625 bits per heavy atom. The van der Waals surface area contributed by atoms with Crippen LogP contribution in [0.5, 0.6) is 0 Å². The molecular weight excluding hydrogens is 421 g/mol. The van der Waals surface area contributed by atoms with Crippen LogP contribution in [0.25, 0.3) is 0 Å². The van der Waals surface area contributed by atoms with Gasteiger partial charge >= 0.3 is 36.0 Å². The normalized spacial score (nSPS) is 15.2. The molecule has 0 heterocycles. The molecule has 0 atom stereocenters. The molecule has 0 spiro atoms. The molecule has 0 bridgehead atoms. The van der Waals surface area contributed by atoms with E-state index in [2.05, 4.69) is 0 Å². The molecular formula is C6HF15O2S. The van der Waals surface area contributed by atoms with E-state index in [9.17, 15) is 65.4 Å². The van der Waals surface area contributed by atoms with Crippen LogP contribution < -0.4 is 0 Å². The summed E-state index contributed by atoms with van der Waals surface area (Å²) >= 11 is -3.62. The minimum atomic E-state index is -8.04. The standard InChI is InChI=1S/C6F14.FHO2S/c7-1(8,3(11,12)5(15,16)17)2(9,10)4(13,14)6(18,19)20;1-4(2)3/h;4H. The van der Waals surface area contributed by atoms with Crippen LogP contribution in [0.4, 0.5) is 65.4 Å². The summed E-state index contributed by atoms with van der Waals surface area (Å²) in [4.78, 5) is 0. The molecule has 24 heavy (non-hydrogen) atoms. The van der Waals surface area contributed by atoms with Crippen LogP contribution in [0.1, 0.15) is 0 Å². The number of halogens is 15. The lowest BCUT2D eigenvalue weighted by molar-refractivity contribution is -0.451. The zero-order valence-electron chi connectivity index (χ0n) is 9.93. The van der Waals surface area contributed by atoms with E-state index >= 15 is 0 Å². The summed E-state index contributed by atoms with van der Waals surface area (Å²) in [5.41, 5.74) is 0. The maximum Gasteiger partial charge on any atom is 0.460 e. The van der Waals surface area contributed by atoms with Gasteiger partial charge in [0, 0.05) is 0 Å². The fourth-order valence-electron chi connectivity index (χ4n) is 0.750. The number of thiol groups is 1. The molecule has 0 rings (SSSR count). The zero-order valence-corrected chi connectivity index (χ0v) is 10.8. The Morgan fingerprint density at radius 1 is 0.417 bits per heavy atom. The van der Waals surface area contributed by atoms with E-state index in [0.29, 0.717) is 0 Å². The van der Waals surface area contributed by atoms with Crippen LogP contribution in [-0.4, -0.2) is 44.5 Å². The molecule has 0 aliphatic rings. The van der Waals surface area contributed by atoms with Crippen molar-refractivity contribution in [3.05, 3.63) is 0 Å². The highest BCUT2D eigenvalue weighted by Crippen LogP contribution is 2.60. The van der Waals surface area contributed by atoms with Crippen molar-refractivity contribution in [2.24, 2.45) is 0 Å². The molecule has 0 fully saturated rings. The van der Waals surface area contributed by atoms with Gasteiger partial charge < -0.3 is 0 Å². The summed E-state index contributed by atoms with van der Waals surface area (Å²) in [6.07, 6.45) is -15.0. The lowest BCUT2D eigenvalue weighted by Gasteiger charge is -2.37. The molecule has 0 saturated heterocycles. The second-order valence-corrected chi connectivity index (χ2v) is 3.93. The highest BCUT2D eigenvalue weighted by molar-refractivity contribution is 7.66. The second kappa shape index (κ2) is 6.66. The van der Waals surface area contributed by atoms with Crippen molar-refractivity contribution < 1.29 is 73.8 Å². The van der Waals surface area contributed by atoms with Crippen molar-refractivity contribution in [3.8, 4) is 0 Å². The van der Waals surface area contributed by atoms with E-state index < -0.39 is 47.1 Å². The lowest BCUT2D eigenvalue weighted by atomic mass is 9.98. The molecule has 0 radical (unpaired) electrons. The van der Waals surface area contributed by atoms with Gasteiger partial charge in [0.25, 0.3) is 11.1 Å². The number of hydrogen-bond donors (Lipinski definition) is 1. The Balaban J connectivity index is 0. The van der Waals surface area contributed by atoms with Crippen LogP contribution in [0.15, 0.2) is 0 Å². The molecule has 18 heteroatoms. The van der Waals surface area contributed by atoms with E-state index in [0.717, 1.165) is 0 Å². The van der Waals surface area contributed by atoms with E-state index in [1.54, 1.807) is 0 Å². The van der Waals surface area contributed by atoms with Crippen molar-refractivity contribution in [1.82, 2.24) is 0 Å². The maximum absolute atomic E-state index is 12.3. The quantitative estimate of drug-likeness (QED) is 0.422. The summed E-state index contributed by atoms with van der Waals surface area (Å²) in [7, 11) is 0. The van der Waals surface area contributed by atoms with Crippen LogP contribution in [0, 0.1) is 0 Å². The van der Waals surface area contributed by atoms with E-state index in [1.807, 2.05) is 0 Å². The minimum Gasteiger partial charge on any atom is -0.198 e. The highest BCUT2D eigenvalue weighted by atomic mass is 32.2. The van der Waals surface area contributed by atoms with Gasteiger partial charge in [-0.05, 0) is 0 Å². The van der Waals surface area contributed by atoms with Gasteiger partial charge in [0.15, 0.2) is 0 Å². The average molecular weight is 422 g/mol. The first-order chi connectivity index (χ1) is 9.98. The predicted molar refractivity (Wildman–Crippen MR) is 43.3 cm³/mol. The monoisotopic (exact) mass is 422 g/mol. The van der Waals surface area contributed by atoms with Gasteiger partial charge in [0.1, 0.15) is 0 Å². The van der Waals surface area contributed by atoms with Crippen molar-refractivity contribution in [1.29, 1.82) is 0 Å². The van der Waals surface area contributed by atoms with Crippen molar-refractivity contribution in [3.63, 3.8) is 0 Å². The fourth-order valence-corrected chi connectivity index (χ4v) is 0.750. The molecule has 0 aliphatic heterocycles. The number of rotatable bonds is 3. The van der Waals surface area contributed by atoms with Crippen LogP contribution in [0.2, 0.25) is 0 Å². The van der Waals surface area contributed by atoms with Gasteiger partial charge in [-0.2, -0.15) is 69.9 Å². The highest BCUT2D eigenvalue weighted by Gasteiger charge is 2.91. The topological polar surface area (TPSA) is 34.1 Å². The molecule has 0 aromatic rings. The third kappa shape index (κ3) is 4.29. The van der Waals surface area contributed by atoms with E-state index in [1.165, 1.54) is 0 Å².